The van der Waals surface area contributed by atoms with E-state index in [2.05, 4.69) is 19.2 Å². The molecule has 5 atom stereocenters. The van der Waals surface area contributed by atoms with Gasteiger partial charge in [-0.3, -0.25) is 9.59 Å². The van der Waals surface area contributed by atoms with Crippen molar-refractivity contribution in [3.05, 3.63) is 53.1 Å². The van der Waals surface area contributed by atoms with E-state index in [1.165, 1.54) is 13.5 Å². The monoisotopic (exact) mass is 480 g/mol. The maximum atomic E-state index is 14.0. The first-order chi connectivity index (χ1) is 16.8. The van der Waals surface area contributed by atoms with Gasteiger partial charge in [-0.25, -0.2) is 0 Å². The third-order valence-electron chi connectivity index (χ3n) is 7.95. The van der Waals surface area contributed by atoms with Gasteiger partial charge in [0.1, 0.15) is 5.75 Å². The quantitative estimate of drug-likeness (QED) is 0.656. The first kappa shape index (κ1) is 24.9. The molecule has 7 nitrogen and oxygen atoms in total. The lowest BCUT2D eigenvalue weighted by Gasteiger charge is -2.42. The number of fused-ring (bicyclic) bond motifs is 1. The molecule has 1 heterocycles. The minimum absolute atomic E-state index is 0.0791. The van der Waals surface area contributed by atoms with Crippen LogP contribution in [0.4, 0.5) is 0 Å². The molecular weight excluding hydrogens is 444 g/mol. The fourth-order valence-electron chi connectivity index (χ4n) is 5.61. The van der Waals surface area contributed by atoms with Gasteiger partial charge >= 0.3 is 0 Å². The molecule has 35 heavy (non-hydrogen) atoms. The Morgan fingerprint density at radius 2 is 1.63 bits per heavy atom. The smallest absolute Gasteiger partial charge is 0.254 e. The minimum atomic E-state index is -0.606. The number of benzene rings is 2. The summed E-state index contributed by atoms with van der Waals surface area (Å²) in [4.78, 5) is 29.2. The second kappa shape index (κ2) is 10.2. The zero-order valence-corrected chi connectivity index (χ0v) is 21.5. The summed E-state index contributed by atoms with van der Waals surface area (Å²) in [5.41, 5.74) is 1.98. The summed E-state index contributed by atoms with van der Waals surface area (Å²) < 4.78 is 16.3. The fourth-order valence-corrected chi connectivity index (χ4v) is 5.61. The average Bonchev–Trinajstić information content (AvgIpc) is 2.87. The first-order valence-corrected chi connectivity index (χ1v) is 12.3. The number of carbonyl (C=O) groups excluding carboxylic acids is 2. The van der Waals surface area contributed by atoms with E-state index in [1.807, 2.05) is 24.3 Å². The molecule has 1 aliphatic carbocycles. The van der Waals surface area contributed by atoms with Gasteiger partial charge in [0.25, 0.3) is 5.91 Å². The normalized spacial score (nSPS) is 26.1. The molecule has 0 aromatic heterocycles. The van der Waals surface area contributed by atoms with Crippen LogP contribution in [0.3, 0.4) is 0 Å². The number of methoxy groups -OCH3 is 3. The summed E-state index contributed by atoms with van der Waals surface area (Å²) in [5, 5.41) is 3.36. The number of rotatable bonds is 6. The molecule has 1 N–H and O–H groups in total. The van der Waals surface area contributed by atoms with Crippen molar-refractivity contribution in [2.75, 3.05) is 28.4 Å². The number of hydrogen-bond acceptors (Lipinski definition) is 5. The Hall–Kier alpha value is -3.22. The van der Waals surface area contributed by atoms with Crippen LogP contribution in [0.25, 0.3) is 0 Å². The molecule has 0 bridgehead atoms. The molecule has 2 amide bonds. The molecule has 7 heteroatoms. The van der Waals surface area contributed by atoms with Crippen LogP contribution in [0, 0.1) is 11.8 Å². The van der Waals surface area contributed by atoms with Crippen molar-refractivity contribution in [3.63, 3.8) is 0 Å². The second-order valence-electron chi connectivity index (χ2n) is 9.79. The number of amides is 2. The molecule has 4 rings (SSSR count). The third-order valence-corrected chi connectivity index (χ3v) is 7.95. The summed E-state index contributed by atoms with van der Waals surface area (Å²) in [6, 6.07) is 10.7. The van der Waals surface area contributed by atoms with Crippen LogP contribution in [-0.4, -0.2) is 51.1 Å². The van der Waals surface area contributed by atoms with Crippen LogP contribution in [0.2, 0.25) is 0 Å². The van der Waals surface area contributed by atoms with Gasteiger partial charge in [0.15, 0.2) is 11.5 Å². The van der Waals surface area contributed by atoms with E-state index < -0.39 is 12.0 Å². The van der Waals surface area contributed by atoms with E-state index >= 15 is 0 Å². The highest BCUT2D eigenvalue weighted by Gasteiger charge is 2.44. The van der Waals surface area contributed by atoms with E-state index in [1.54, 1.807) is 38.3 Å². The first-order valence-electron chi connectivity index (χ1n) is 12.3. The molecule has 1 saturated carbocycles. The Morgan fingerprint density at radius 3 is 2.26 bits per heavy atom. The SMILES string of the molecule is COc1ccc([C@@H]2[C@H](C(=O)N[C@@H]3CCC[C@@H](C)[C@H]3C)c3cc(OC)c(OC)cc3C(=O)N2C)cc1. The van der Waals surface area contributed by atoms with Crippen molar-refractivity contribution in [2.24, 2.45) is 11.8 Å². The molecular formula is C28H36N2O5. The molecule has 0 spiro atoms. The molecule has 1 fully saturated rings. The van der Waals surface area contributed by atoms with Crippen molar-refractivity contribution in [2.45, 2.75) is 51.1 Å². The second-order valence-corrected chi connectivity index (χ2v) is 9.79. The van der Waals surface area contributed by atoms with Crippen molar-refractivity contribution in [3.8, 4) is 17.2 Å². The lowest BCUT2D eigenvalue weighted by atomic mass is 9.76. The van der Waals surface area contributed by atoms with E-state index in [4.69, 9.17) is 14.2 Å². The van der Waals surface area contributed by atoms with E-state index in [-0.39, 0.29) is 17.9 Å². The molecule has 0 unspecified atom stereocenters. The lowest BCUT2D eigenvalue weighted by molar-refractivity contribution is -0.125. The number of carbonyl (C=O) groups is 2. The highest BCUT2D eigenvalue weighted by atomic mass is 16.5. The maximum Gasteiger partial charge on any atom is 0.254 e. The van der Waals surface area contributed by atoms with Crippen molar-refractivity contribution >= 4 is 11.8 Å². The van der Waals surface area contributed by atoms with E-state index in [9.17, 15) is 9.59 Å². The standard InChI is InChI=1S/C28H36N2O5/c1-16-8-7-9-22(17(16)2)29-27(31)25-20-14-23(34-5)24(35-6)15-21(20)28(32)30(3)26(25)18-10-12-19(33-4)13-11-18/h10-17,22,25-26H,7-9H2,1-6H3,(H,29,31)/t16-,17-,22-,25-,26-/m1/s1. The van der Waals surface area contributed by atoms with Crippen LogP contribution >= 0.6 is 0 Å². The topological polar surface area (TPSA) is 77.1 Å². The molecule has 188 valence electrons. The van der Waals surface area contributed by atoms with Gasteiger partial charge in [-0.05, 0) is 53.6 Å². The highest BCUT2D eigenvalue weighted by Crippen LogP contribution is 2.46. The summed E-state index contributed by atoms with van der Waals surface area (Å²) in [5.74, 6) is 1.77. The lowest BCUT2D eigenvalue weighted by Crippen LogP contribution is -2.50. The van der Waals surface area contributed by atoms with Gasteiger partial charge < -0.3 is 24.4 Å². The van der Waals surface area contributed by atoms with Gasteiger partial charge in [0.05, 0.1) is 33.3 Å². The summed E-state index contributed by atoms with van der Waals surface area (Å²) in [6.45, 7) is 4.47. The van der Waals surface area contributed by atoms with Crippen LogP contribution in [0.15, 0.2) is 36.4 Å². The Bertz CT molecular complexity index is 1080. The van der Waals surface area contributed by atoms with Crippen molar-refractivity contribution in [1.29, 1.82) is 0 Å². The Morgan fingerprint density at radius 1 is 0.971 bits per heavy atom. The van der Waals surface area contributed by atoms with Gasteiger partial charge in [-0.15, -0.1) is 0 Å². The van der Waals surface area contributed by atoms with Gasteiger partial charge in [0.2, 0.25) is 5.91 Å². The number of hydrogen-bond donors (Lipinski definition) is 1. The predicted molar refractivity (Wildman–Crippen MR) is 134 cm³/mol. The number of likely N-dealkylation sites (N-methyl/N-ethyl adjacent to an activating group) is 1. The third kappa shape index (κ3) is 4.56. The van der Waals surface area contributed by atoms with Crippen LogP contribution in [0.5, 0.6) is 17.2 Å². The summed E-state index contributed by atoms with van der Waals surface area (Å²) >= 11 is 0. The predicted octanol–water partition coefficient (Wildman–Crippen LogP) is 4.56. The average molecular weight is 481 g/mol. The van der Waals surface area contributed by atoms with Gasteiger partial charge in [0, 0.05) is 18.7 Å². The van der Waals surface area contributed by atoms with Crippen molar-refractivity contribution < 1.29 is 23.8 Å². The van der Waals surface area contributed by atoms with Gasteiger partial charge in [-0.2, -0.15) is 0 Å². The Balaban J connectivity index is 1.82. The van der Waals surface area contributed by atoms with Gasteiger partial charge in [-0.1, -0.05) is 38.8 Å². The van der Waals surface area contributed by atoms with E-state index in [0.29, 0.717) is 34.5 Å². The maximum absolute atomic E-state index is 14.0. The molecule has 2 aromatic rings. The number of nitrogens with zero attached hydrogens (tertiary/aromatic N) is 1. The molecule has 0 radical (unpaired) electrons. The zero-order valence-electron chi connectivity index (χ0n) is 21.5. The van der Waals surface area contributed by atoms with Crippen LogP contribution in [0.1, 0.15) is 66.6 Å². The van der Waals surface area contributed by atoms with Crippen LogP contribution in [-0.2, 0) is 4.79 Å². The molecule has 1 aliphatic heterocycles. The molecule has 2 aromatic carbocycles. The highest BCUT2D eigenvalue weighted by molar-refractivity contribution is 6.02. The summed E-state index contributed by atoms with van der Waals surface area (Å²) in [7, 11) is 6.46. The minimum Gasteiger partial charge on any atom is -0.497 e. The molecule has 0 saturated heterocycles. The number of ether oxygens (including phenoxy) is 3. The fraction of sp³-hybridized carbons (Fsp3) is 0.500. The number of nitrogens with one attached hydrogen (secondary N) is 1. The van der Waals surface area contributed by atoms with Crippen molar-refractivity contribution in [1.82, 2.24) is 10.2 Å². The Labute approximate surface area is 207 Å². The molecule has 2 aliphatic rings. The Kier molecular flexibility index (Phi) is 7.24. The summed E-state index contributed by atoms with van der Waals surface area (Å²) in [6.07, 6.45) is 3.25. The zero-order chi connectivity index (χ0) is 25.3. The van der Waals surface area contributed by atoms with E-state index in [0.717, 1.165) is 24.2 Å². The van der Waals surface area contributed by atoms with Crippen LogP contribution < -0.4 is 19.5 Å². The largest absolute Gasteiger partial charge is 0.497 e.